The molecule has 31 heavy (non-hydrogen) atoms. The number of halogens is 1. The van der Waals surface area contributed by atoms with E-state index in [0.717, 1.165) is 23.0 Å². The lowest BCUT2D eigenvalue weighted by Gasteiger charge is -2.30. The van der Waals surface area contributed by atoms with E-state index in [0.29, 0.717) is 35.9 Å². The van der Waals surface area contributed by atoms with Gasteiger partial charge in [-0.2, -0.15) is 0 Å². The molecule has 2 aromatic rings. The second-order valence-electron chi connectivity index (χ2n) is 7.87. The van der Waals surface area contributed by atoms with E-state index in [1.165, 1.54) is 6.08 Å². The topological polar surface area (TPSA) is 50.8 Å². The Kier molecular flexibility index (Phi) is 10.1. The smallest absolute Gasteiger partial charge is 0.248 e. The maximum absolute atomic E-state index is 12.3. The summed E-state index contributed by atoms with van der Waals surface area (Å²) in [6.45, 7) is 10.4. The van der Waals surface area contributed by atoms with Crippen LogP contribution in [0.25, 0.3) is 6.08 Å². The molecule has 168 valence electrons. The van der Waals surface area contributed by atoms with Crippen molar-refractivity contribution >= 4 is 33.6 Å². The Labute approximate surface area is 194 Å². The van der Waals surface area contributed by atoms with E-state index in [1.807, 2.05) is 24.3 Å². The maximum atomic E-state index is 12.3. The molecule has 0 bridgehead atoms. The highest BCUT2D eigenvalue weighted by molar-refractivity contribution is 9.10. The molecule has 2 aromatic carbocycles. The first kappa shape index (κ1) is 25.0. The molecule has 6 heteroatoms. The number of hydrogen-bond donors (Lipinski definition) is 1. The van der Waals surface area contributed by atoms with Gasteiger partial charge in [0.25, 0.3) is 0 Å². The standard InChI is InChI=1S/C25H33BrN2O3/c1-18(2)28(19(3)4)15-6-16-31-24-17-22(12-13-23(24)30-5)27-25(29)14-9-20-7-10-21(26)11-8-20/h7-14,17-19H,6,15-16H2,1-5H3,(H,27,29). The number of nitrogens with zero attached hydrogens (tertiary/aromatic N) is 1. The molecule has 0 saturated heterocycles. The first-order chi connectivity index (χ1) is 14.8. The fourth-order valence-electron chi connectivity index (χ4n) is 3.34. The number of carbonyl (C=O) groups excluding carboxylic acids is 1. The summed E-state index contributed by atoms with van der Waals surface area (Å²) in [5.41, 5.74) is 1.61. The number of methoxy groups -OCH3 is 1. The predicted molar refractivity (Wildman–Crippen MR) is 132 cm³/mol. The molecule has 5 nitrogen and oxygen atoms in total. The molecule has 0 aliphatic carbocycles. The van der Waals surface area contributed by atoms with Crippen LogP contribution in [0, 0.1) is 0 Å². The second kappa shape index (κ2) is 12.5. The van der Waals surface area contributed by atoms with Crippen LogP contribution in [0.3, 0.4) is 0 Å². The van der Waals surface area contributed by atoms with E-state index >= 15 is 0 Å². The van der Waals surface area contributed by atoms with Crippen molar-refractivity contribution in [3.8, 4) is 11.5 Å². The molecule has 0 saturated carbocycles. The number of anilines is 1. The summed E-state index contributed by atoms with van der Waals surface area (Å²) in [6, 6.07) is 14.1. The molecule has 0 fully saturated rings. The van der Waals surface area contributed by atoms with E-state index in [4.69, 9.17) is 9.47 Å². The molecule has 1 amide bonds. The van der Waals surface area contributed by atoms with Crippen molar-refractivity contribution in [1.82, 2.24) is 4.90 Å². The van der Waals surface area contributed by atoms with Crippen molar-refractivity contribution in [3.63, 3.8) is 0 Å². The van der Waals surface area contributed by atoms with Crippen molar-refractivity contribution in [2.45, 2.75) is 46.2 Å². The van der Waals surface area contributed by atoms with Crippen LogP contribution in [0.4, 0.5) is 5.69 Å². The first-order valence-electron chi connectivity index (χ1n) is 10.6. The van der Waals surface area contributed by atoms with Gasteiger partial charge < -0.3 is 14.8 Å². The first-order valence-corrected chi connectivity index (χ1v) is 11.4. The molecule has 0 heterocycles. The average Bonchev–Trinajstić information content (AvgIpc) is 2.73. The summed E-state index contributed by atoms with van der Waals surface area (Å²) in [6.07, 6.45) is 4.20. The van der Waals surface area contributed by atoms with Crippen LogP contribution in [-0.4, -0.2) is 43.2 Å². The largest absolute Gasteiger partial charge is 0.493 e. The van der Waals surface area contributed by atoms with Crippen LogP contribution in [-0.2, 0) is 4.79 Å². The average molecular weight is 489 g/mol. The third-order valence-electron chi connectivity index (χ3n) is 4.87. The summed E-state index contributed by atoms with van der Waals surface area (Å²) in [5, 5.41) is 2.87. The van der Waals surface area contributed by atoms with Crippen LogP contribution in [0.1, 0.15) is 39.7 Å². The van der Waals surface area contributed by atoms with Gasteiger partial charge in [-0.3, -0.25) is 9.69 Å². The van der Waals surface area contributed by atoms with Crippen LogP contribution < -0.4 is 14.8 Å². The third-order valence-corrected chi connectivity index (χ3v) is 5.40. The third kappa shape index (κ3) is 8.38. The zero-order chi connectivity index (χ0) is 22.8. The molecule has 0 unspecified atom stereocenters. The highest BCUT2D eigenvalue weighted by Gasteiger charge is 2.13. The van der Waals surface area contributed by atoms with Gasteiger partial charge in [0.15, 0.2) is 11.5 Å². The molecule has 1 N–H and O–H groups in total. The van der Waals surface area contributed by atoms with Crippen molar-refractivity contribution in [1.29, 1.82) is 0 Å². The van der Waals surface area contributed by atoms with Crippen LogP contribution in [0.2, 0.25) is 0 Å². The molecule has 0 aliphatic heterocycles. The lowest BCUT2D eigenvalue weighted by Crippen LogP contribution is -2.38. The summed E-state index contributed by atoms with van der Waals surface area (Å²) < 4.78 is 12.4. The Hall–Kier alpha value is -2.31. The molecule has 2 rings (SSSR count). The minimum atomic E-state index is -0.205. The Morgan fingerprint density at radius 2 is 1.74 bits per heavy atom. The molecule has 0 radical (unpaired) electrons. The Bertz CT molecular complexity index is 856. The van der Waals surface area contributed by atoms with Crippen molar-refractivity contribution in [2.75, 3.05) is 25.6 Å². The fourth-order valence-corrected chi connectivity index (χ4v) is 3.60. The number of ether oxygens (including phenoxy) is 2. The quantitative estimate of drug-likeness (QED) is 0.311. The molecular formula is C25H33BrN2O3. The number of rotatable bonds is 11. The van der Waals surface area contributed by atoms with Crippen molar-refractivity contribution in [2.24, 2.45) is 0 Å². The Balaban J connectivity index is 1.94. The normalized spacial score (nSPS) is 11.5. The molecular weight excluding hydrogens is 456 g/mol. The van der Waals surface area contributed by atoms with Gasteiger partial charge in [-0.25, -0.2) is 0 Å². The molecule has 0 atom stereocenters. The maximum Gasteiger partial charge on any atom is 0.248 e. The second-order valence-corrected chi connectivity index (χ2v) is 8.78. The highest BCUT2D eigenvalue weighted by Crippen LogP contribution is 2.30. The SMILES string of the molecule is COc1ccc(NC(=O)C=Cc2ccc(Br)cc2)cc1OCCCN(C(C)C)C(C)C. The van der Waals surface area contributed by atoms with E-state index in [9.17, 15) is 4.79 Å². The van der Waals surface area contributed by atoms with Gasteiger partial charge in [0.1, 0.15) is 0 Å². The number of nitrogens with one attached hydrogen (secondary N) is 1. The zero-order valence-electron chi connectivity index (χ0n) is 19.0. The van der Waals surface area contributed by atoms with Gasteiger partial charge in [0.2, 0.25) is 5.91 Å². The van der Waals surface area contributed by atoms with E-state index in [2.05, 4.69) is 53.8 Å². The van der Waals surface area contributed by atoms with Gasteiger partial charge in [-0.1, -0.05) is 28.1 Å². The minimum Gasteiger partial charge on any atom is -0.493 e. The van der Waals surface area contributed by atoms with Gasteiger partial charge in [-0.15, -0.1) is 0 Å². The summed E-state index contributed by atoms with van der Waals surface area (Å²) in [4.78, 5) is 14.7. The van der Waals surface area contributed by atoms with Crippen molar-refractivity contribution in [3.05, 3.63) is 58.6 Å². The van der Waals surface area contributed by atoms with Gasteiger partial charge in [0.05, 0.1) is 13.7 Å². The Morgan fingerprint density at radius 3 is 2.35 bits per heavy atom. The molecule has 0 aliphatic rings. The van der Waals surface area contributed by atoms with Gasteiger partial charge >= 0.3 is 0 Å². The summed E-state index contributed by atoms with van der Waals surface area (Å²) >= 11 is 3.40. The lowest BCUT2D eigenvalue weighted by atomic mass is 10.2. The van der Waals surface area contributed by atoms with Crippen LogP contribution in [0.5, 0.6) is 11.5 Å². The summed E-state index contributed by atoms with van der Waals surface area (Å²) in [7, 11) is 1.61. The minimum absolute atomic E-state index is 0.205. The van der Waals surface area contributed by atoms with E-state index in [-0.39, 0.29) is 5.91 Å². The highest BCUT2D eigenvalue weighted by atomic mass is 79.9. The number of hydrogen-bond acceptors (Lipinski definition) is 4. The van der Waals surface area contributed by atoms with E-state index < -0.39 is 0 Å². The van der Waals surface area contributed by atoms with Gasteiger partial charge in [0, 0.05) is 40.9 Å². The number of benzene rings is 2. The van der Waals surface area contributed by atoms with Gasteiger partial charge in [-0.05, 0) is 70.0 Å². The molecule has 0 aromatic heterocycles. The van der Waals surface area contributed by atoms with Crippen LogP contribution in [0.15, 0.2) is 53.0 Å². The van der Waals surface area contributed by atoms with Crippen LogP contribution >= 0.6 is 15.9 Å². The van der Waals surface area contributed by atoms with Crippen molar-refractivity contribution < 1.29 is 14.3 Å². The Morgan fingerprint density at radius 1 is 1.06 bits per heavy atom. The summed E-state index contributed by atoms with van der Waals surface area (Å²) in [5.74, 6) is 1.06. The number of amides is 1. The predicted octanol–water partition coefficient (Wildman–Crippen LogP) is 6.00. The lowest BCUT2D eigenvalue weighted by molar-refractivity contribution is -0.111. The molecule has 0 spiro atoms. The number of carbonyl (C=O) groups is 1. The zero-order valence-corrected chi connectivity index (χ0v) is 20.6. The fraction of sp³-hybridized carbons (Fsp3) is 0.400. The monoisotopic (exact) mass is 488 g/mol. The van der Waals surface area contributed by atoms with E-state index in [1.54, 1.807) is 31.4 Å².